The summed E-state index contributed by atoms with van der Waals surface area (Å²) >= 11 is 4.69. The molecule has 0 bridgehead atoms. The van der Waals surface area contributed by atoms with Crippen LogP contribution in [-0.2, 0) is 4.74 Å². The first-order valence-corrected chi connectivity index (χ1v) is 6.63. The van der Waals surface area contributed by atoms with Crippen LogP contribution in [0.2, 0.25) is 0 Å². The van der Waals surface area contributed by atoms with Crippen LogP contribution in [0.1, 0.15) is 24.8 Å². The van der Waals surface area contributed by atoms with Gasteiger partial charge in [0, 0.05) is 18.7 Å². The number of halogens is 2. The average molecular weight is 286 g/mol. The first kappa shape index (κ1) is 14.1. The summed E-state index contributed by atoms with van der Waals surface area (Å²) in [6, 6.07) is 2.28. The molecule has 104 valence electrons. The van der Waals surface area contributed by atoms with Crippen molar-refractivity contribution in [3.63, 3.8) is 0 Å². The van der Waals surface area contributed by atoms with Crippen molar-refractivity contribution in [1.29, 1.82) is 0 Å². The van der Waals surface area contributed by atoms with Gasteiger partial charge in [-0.1, -0.05) is 12.2 Å². The number of hydrogen-bond donors (Lipinski definition) is 2. The largest absolute Gasteiger partial charge is 0.389 e. The molecule has 19 heavy (non-hydrogen) atoms. The van der Waals surface area contributed by atoms with Crippen LogP contribution in [0.15, 0.2) is 12.1 Å². The molecule has 0 saturated carbocycles. The van der Waals surface area contributed by atoms with Gasteiger partial charge in [0.1, 0.15) is 22.3 Å². The van der Waals surface area contributed by atoms with E-state index >= 15 is 0 Å². The molecule has 0 aliphatic carbocycles. The van der Waals surface area contributed by atoms with E-state index in [-0.39, 0.29) is 22.3 Å². The lowest BCUT2D eigenvalue weighted by Crippen LogP contribution is -2.15. The summed E-state index contributed by atoms with van der Waals surface area (Å²) in [4.78, 5) is -0.0243. The zero-order valence-corrected chi connectivity index (χ0v) is 11.2. The minimum atomic E-state index is -0.685. The molecule has 1 aromatic rings. The number of hydrogen-bond acceptors (Lipinski definition) is 3. The van der Waals surface area contributed by atoms with Crippen LogP contribution in [0.3, 0.4) is 0 Å². The molecule has 3 N–H and O–H groups in total. The van der Waals surface area contributed by atoms with E-state index < -0.39 is 11.6 Å². The molecule has 0 aromatic heterocycles. The van der Waals surface area contributed by atoms with E-state index in [0.717, 1.165) is 38.0 Å². The maximum atomic E-state index is 13.7. The summed E-state index contributed by atoms with van der Waals surface area (Å²) in [5.41, 5.74) is 5.39. The van der Waals surface area contributed by atoms with Gasteiger partial charge in [-0.3, -0.25) is 0 Å². The lowest BCUT2D eigenvalue weighted by Gasteiger charge is -2.13. The summed E-state index contributed by atoms with van der Waals surface area (Å²) in [6.45, 7) is 1.24. The first-order chi connectivity index (χ1) is 9.08. The van der Waals surface area contributed by atoms with Crippen LogP contribution >= 0.6 is 12.2 Å². The molecule has 0 spiro atoms. The second kappa shape index (κ2) is 6.25. The van der Waals surface area contributed by atoms with Crippen molar-refractivity contribution in [3.05, 3.63) is 29.3 Å². The third-order valence-corrected chi connectivity index (χ3v) is 3.35. The van der Waals surface area contributed by atoms with Crippen molar-refractivity contribution in [3.8, 4) is 0 Å². The predicted octanol–water partition coefficient (Wildman–Crippen LogP) is 2.58. The van der Waals surface area contributed by atoms with E-state index in [2.05, 4.69) is 5.32 Å². The highest BCUT2D eigenvalue weighted by molar-refractivity contribution is 7.80. The highest BCUT2D eigenvalue weighted by Crippen LogP contribution is 2.22. The van der Waals surface area contributed by atoms with Gasteiger partial charge in [0.15, 0.2) is 0 Å². The van der Waals surface area contributed by atoms with Gasteiger partial charge in [0.2, 0.25) is 0 Å². The topological polar surface area (TPSA) is 47.3 Å². The van der Waals surface area contributed by atoms with Gasteiger partial charge in [-0.15, -0.1) is 0 Å². The fourth-order valence-corrected chi connectivity index (χ4v) is 2.23. The highest BCUT2D eigenvalue weighted by Gasteiger charge is 2.16. The van der Waals surface area contributed by atoms with Crippen molar-refractivity contribution < 1.29 is 13.5 Å². The second-order valence-electron chi connectivity index (χ2n) is 4.53. The summed E-state index contributed by atoms with van der Waals surface area (Å²) in [5, 5.41) is 2.76. The lowest BCUT2D eigenvalue weighted by atomic mass is 10.1. The molecule has 1 heterocycles. The Morgan fingerprint density at radius 2 is 2.11 bits per heavy atom. The number of ether oxygens (including phenoxy) is 1. The van der Waals surface area contributed by atoms with Crippen molar-refractivity contribution in [1.82, 2.24) is 0 Å². The smallest absolute Gasteiger partial charge is 0.150 e. The van der Waals surface area contributed by atoms with Crippen molar-refractivity contribution in [2.45, 2.75) is 25.4 Å². The van der Waals surface area contributed by atoms with Crippen molar-refractivity contribution in [2.75, 3.05) is 18.5 Å². The van der Waals surface area contributed by atoms with Crippen LogP contribution in [0.4, 0.5) is 14.5 Å². The molecule has 2 rings (SSSR count). The summed E-state index contributed by atoms with van der Waals surface area (Å²) in [7, 11) is 0. The first-order valence-electron chi connectivity index (χ1n) is 6.22. The average Bonchev–Trinajstić information content (AvgIpc) is 2.85. The third kappa shape index (κ3) is 3.61. The third-order valence-electron chi connectivity index (χ3n) is 3.12. The Hall–Kier alpha value is -1.27. The Morgan fingerprint density at radius 1 is 1.42 bits per heavy atom. The fraction of sp³-hybridized carbons (Fsp3) is 0.462. The second-order valence-corrected chi connectivity index (χ2v) is 4.97. The van der Waals surface area contributed by atoms with Crippen LogP contribution in [0.5, 0.6) is 0 Å². The predicted molar refractivity (Wildman–Crippen MR) is 74.3 cm³/mol. The normalized spacial score (nSPS) is 18.5. The Morgan fingerprint density at radius 3 is 2.63 bits per heavy atom. The lowest BCUT2D eigenvalue weighted by molar-refractivity contribution is 0.107. The standard InChI is InChI=1S/C13H16F2N2OS/c14-10-6-8(13(16)19)7-11(15)12(10)17-4-3-9-2-1-5-18-9/h6-7,9,17H,1-5H2,(H2,16,19). The SMILES string of the molecule is NC(=S)c1cc(F)c(NCCC2CCCO2)c(F)c1. The number of anilines is 1. The van der Waals surface area contributed by atoms with Gasteiger partial charge in [-0.05, 0) is 31.4 Å². The molecule has 1 saturated heterocycles. The van der Waals surface area contributed by atoms with Crippen LogP contribution in [0, 0.1) is 11.6 Å². The van der Waals surface area contributed by atoms with E-state index in [0.29, 0.717) is 6.54 Å². The van der Waals surface area contributed by atoms with Gasteiger partial charge < -0.3 is 15.8 Å². The minimum Gasteiger partial charge on any atom is -0.389 e. The number of thiocarbonyl (C=S) groups is 1. The maximum absolute atomic E-state index is 13.7. The summed E-state index contributed by atoms with van der Waals surface area (Å²) in [5.74, 6) is -1.37. The van der Waals surface area contributed by atoms with Crippen LogP contribution < -0.4 is 11.1 Å². The van der Waals surface area contributed by atoms with E-state index in [9.17, 15) is 8.78 Å². The molecule has 1 unspecified atom stereocenters. The number of nitrogens with two attached hydrogens (primary N) is 1. The molecule has 3 nitrogen and oxygen atoms in total. The molecule has 1 aromatic carbocycles. The molecule has 1 fully saturated rings. The monoisotopic (exact) mass is 286 g/mol. The number of benzene rings is 1. The molecule has 1 atom stereocenters. The van der Waals surface area contributed by atoms with Crippen LogP contribution in [-0.4, -0.2) is 24.2 Å². The van der Waals surface area contributed by atoms with Gasteiger partial charge in [0.05, 0.1) is 6.10 Å². The molecule has 0 amide bonds. The molecule has 6 heteroatoms. The van der Waals surface area contributed by atoms with Gasteiger partial charge >= 0.3 is 0 Å². The molecule has 1 aliphatic rings. The molecule has 0 radical (unpaired) electrons. The summed E-state index contributed by atoms with van der Waals surface area (Å²) in [6.07, 6.45) is 2.98. The van der Waals surface area contributed by atoms with Gasteiger partial charge in [-0.25, -0.2) is 8.78 Å². The summed E-state index contributed by atoms with van der Waals surface area (Å²) < 4.78 is 32.9. The zero-order valence-electron chi connectivity index (χ0n) is 10.4. The Labute approximate surface area is 116 Å². The Kier molecular flexibility index (Phi) is 4.66. The Balaban J connectivity index is 1.97. The molecular formula is C13H16F2N2OS. The highest BCUT2D eigenvalue weighted by atomic mass is 32.1. The zero-order chi connectivity index (χ0) is 13.8. The molecule has 1 aliphatic heterocycles. The van der Waals surface area contributed by atoms with Crippen molar-refractivity contribution >= 4 is 22.9 Å². The van der Waals surface area contributed by atoms with Gasteiger partial charge in [0.25, 0.3) is 0 Å². The fourth-order valence-electron chi connectivity index (χ4n) is 2.11. The van der Waals surface area contributed by atoms with E-state index in [1.807, 2.05) is 0 Å². The van der Waals surface area contributed by atoms with Gasteiger partial charge in [-0.2, -0.15) is 0 Å². The number of rotatable bonds is 5. The number of nitrogens with one attached hydrogen (secondary N) is 1. The van der Waals surface area contributed by atoms with Crippen LogP contribution in [0.25, 0.3) is 0 Å². The maximum Gasteiger partial charge on any atom is 0.150 e. The van der Waals surface area contributed by atoms with E-state index in [1.54, 1.807) is 0 Å². The van der Waals surface area contributed by atoms with Crippen molar-refractivity contribution in [2.24, 2.45) is 5.73 Å². The quantitative estimate of drug-likeness (QED) is 0.817. The van der Waals surface area contributed by atoms with E-state index in [1.165, 1.54) is 0 Å². The minimum absolute atomic E-state index is 0.0243. The van der Waals surface area contributed by atoms with E-state index in [4.69, 9.17) is 22.7 Å². The molecular weight excluding hydrogens is 270 g/mol. The Bertz CT molecular complexity index is 453.